The van der Waals surface area contributed by atoms with Gasteiger partial charge in [0.05, 0.1) is 0 Å². The smallest absolute Gasteiger partial charge is 0.408 e. The second-order valence-electron chi connectivity index (χ2n) is 6.84. The summed E-state index contributed by atoms with van der Waals surface area (Å²) in [6.07, 6.45) is 4.49. The lowest BCUT2D eigenvalue weighted by atomic mass is 9.96. The van der Waals surface area contributed by atoms with Crippen molar-refractivity contribution in [3.05, 3.63) is 23.0 Å². The molecule has 1 aliphatic rings. The monoisotopic (exact) mass is 292 g/mol. The lowest BCUT2D eigenvalue weighted by molar-refractivity contribution is -0.113. The van der Waals surface area contributed by atoms with E-state index in [0.717, 1.165) is 31.2 Å². The van der Waals surface area contributed by atoms with Gasteiger partial charge >= 0.3 is 6.09 Å². The van der Waals surface area contributed by atoms with Crippen molar-refractivity contribution in [1.29, 1.82) is 0 Å². The summed E-state index contributed by atoms with van der Waals surface area (Å²) in [6, 6.07) is 1.99. The van der Waals surface area contributed by atoms with Crippen molar-refractivity contribution in [2.24, 2.45) is 0 Å². The minimum atomic E-state index is -1.10. The quantitative estimate of drug-likeness (QED) is 0.841. The zero-order chi connectivity index (χ0) is 15.7. The van der Waals surface area contributed by atoms with Crippen LogP contribution >= 0.6 is 0 Å². The van der Waals surface area contributed by atoms with Crippen LogP contribution in [0.3, 0.4) is 0 Å². The molecular formula is C16H24N2O3. The van der Waals surface area contributed by atoms with Crippen LogP contribution in [0.25, 0.3) is 0 Å². The van der Waals surface area contributed by atoms with E-state index in [1.54, 1.807) is 27.7 Å². The number of hydrogen-bond donors (Lipinski definition) is 2. The fourth-order valence-electron chi connectivity index (χ4n) is 2.56. The Hall–Kier alpha value is -1.78. The highest BCUT2D eigenvalue weighted by atomic mass is 16.6. The first-order valence-corrected chi connectivity index (χ1v) is 7.42. The number of amides is 1. The van der Waals surface area contributed by atoms with Gasteiger partial charge in [0.25, 0.3) is 0 Å². The molecule has 1 amide bonds. The van der Waals surface area contributed by atoms with E-state index in [9.17, 15) is 9.59 Å². The van der Waals surface area contributed by atoms with Crippen LogP contribution in [0.15, 0.2) is 6.07 Å². The van der Waals surface area contributed by atoms with E-state index in [2.05, 4.69) is 10.3 Å². The lowest BCUT2D eigenvalue weighted by Crippen LogP contribution is -2.47. The molecule has 1 unspecified atom stereocenters. The summed E-state index contributed by atoms with van der Waals surface area (Å²) >= 11 is 0. The number of carbonyl (C=O) groups excluding carboxylic acids is 2. The van der Waals surface area contributed by atoms with Gasteiger partial charge in [-0.25, -0.2) is 4.79 Å². The van der Waals surface area contributed by atoms with Crippen molar-refractivity contribution in [3.8, 4) is 0 Å². The van der Waals surface area contributed by atoms with E-state index in [4.69, 9.17) is 4.74 Å². The van der Waals surface area contributed by atoms with E-state index in [-0.39, 0.29) is 0 Å². The molecule has 0 aliphatic heterocycles. The number of aromatic nitrogens is 1. The summed E-state index contributed by atoms with van der Waals surface area (Å²) in [5, 5.41) is 2.66. The Kier molecular flexibility index (Phi) is 4.12. The molecule has 1 aliphatic carbocycles. The first-order valence-electron chi connectivity index (χ1n) is 7.42. The molecule has 0 spiro atoms. The number of ether oxygens (including phenoxy) is 1. The van der Waals surface area contributed by atoms with Crippen molar-refractivity contribution in [3.63, 3.8) is 0 Å². The number of aldehydes is 1. The Bertz CT molecular complexity index is 519. The maximum atomic E-state index is 11.9. The van der Waals surface area contributed by atoms with E-state index in [1.165, 1.54) is 17.7 Å². The summed E-state index contributed by atoms with van der Waals surface area (Å²) in [7, 11) is 0. The largest absolute Gasteiger partial charge is 0.444 e. The summed E-state index contributed by atoms with van der Waals surface area (Å²) in [4.78, 5) is 26.8. The zero-order valence-electron chi connectivity index (χ0n) is 13.2. The highest BCUT2D eigenvalue weighted by molar-refractivity contribution is 5.77. The van der Waals surface area contributed by atoms with Crippen molar-refractivity contribution < 1.29 is 14.3 Å². The van der Waals surface area contributed by atoms with Crippen LogP contribution < -0.4 is 5.32 Å². The highest BCUT2D eigenvalue weighted by Gasteiger charge is 2.33. The van der Waals surface area contributed by atoms with Crippen LogP contribution in [0.2, 0.25) is 0 Å². The number of alkyl carbamates (subject to hydrolysis) is 1. The average molecular weight is 292 g/mol. The standard InChI is InChI=1S/C16H24N2O3/c1-15(2,3)21-14(20)18-16(4,10-19)13-9-11-7-5-6-8-12(11)17-13/h9-10,17H,5-8H2,1-4H3,(H,18,20). The zero-order valence-corrected chi connectivity index (χ0v) is 13.2. The first-order chi connectivity index (χ1) is 9.73. The van der Waals surface area contributed by atoms with Gasteiger partial charge in [-0.1, -0.05) is 0 Å². The number of H-pyrrole nitrogens is 1. The number of nitrogens with one attached hydrogen (secondary N) is 2. The Morgan fingerprint density at radius 3 is 2.52 bits per heavy atom. The Morgan fingerprint density at radius 2 is 1.95 bits per heavy atom. The van der Waals surface area contributed by atoms with E-state index in [0.29, 0.717) is 0 Å². The van der Waals surface area contributed by atoms with Gasteiger partial charge in [0.2, 0.25) is 0 Å². The number of carbonyl (C=O) groups is 2. The molecule has 5 nitrogen and oxygen atoms in total. The number of aryl methyl sites for hydroxylation is 2. The summed E-state index contributed by atoms with van der Waals surface area (Å²) in [5.41, 5.74) is 1.45. The molecule has 0 saturated carbocycles. The van der Waals surface area contributed by atoms with E-state index < -0.39 is 17.2 Å². The van der Waals surface area contributed by atoms with Gasteiger partial charge in [-0.2, -0.15) is 0 Å². The third kappa shape index (κ3) is 3.65. The molecule has 1 heterocycles. The predicted octanol–water partition coefficient (Wildman–Crippen LogP) is 2.83. The molecule has 5 heteroatoms. The molecule has 0 bridgehead atoms. The molecule has 1 atom stereocenters. The lowest BCUT2D eigenvalue weighted by Gasteiger charge is -2.26. The minimum absolute atomic E-state index is 0.593. The summed E-state index contributed by atoms with van der Waals surface area (Å²) in [5.74, 6) is 0. The van der Waals surface area contributed by atoms with Gasteiger partial charge < -0.3 is 19.8 Å². The fourth-order valence-corrected chi connectivity index (χ4v) is 2.56. The second-order valence-corrected chi connectivity index (χ2v) is 6.84. The Labute approximate surface area is 125 Å². The Balaban J connectivity index is 2.18. The molecular weight excluding hydrogens is 268 g/mol. The van der Waals surface area contributed by atoms with Crippen LogP contribution in [-0.4, -0.2) is 23.0 Å². The SMILES string of the molecule is CC(C)(C)OC(=O)NC(C)(C=O)c1cc2c([nH]1)CCCC2. The topological polar surface area (TPSA) is 71.2 Å². The maximum absolute atomic E-state index is 11.9. The summed E-state index contributed by atoms with van der Waals surface area (Å²) in [6.45, 7) is 7.05. The average Bonchev–Trinajstić information content (AvgIpc) is 2.80. The second kappa shape index (κ2) is 5.54. The number of rotatable bonds is 3. The van der Waals surface area contributed by atoms with Gasteiger partial charge in [-0.05, 0) is 65.0 Å². The molecule has 2 N–H and O–H groups in total. The molecule has 116 valence electrons. The molecule has 2 rings (SSSR count). The minimum Gasteiger partial charge on any atom is -0.444 e. The van der Waals surface area contributed by atoms with Gasteiger partial charge in [-0.15, -0.1) is 0 Å². The molecule has 0 aromatic carbocycles. The number of hydrogen-bond acceptors (Lipinski definition) is 3. The van der Waals surface area contributed by atoms with Crippen molar-refractivity contribution in [2.45, 2.75) is 64.5 Å². The first kappa shape index (κ1) is 15.6. The van der Waals surface area contributed by atoms with E-state index in [1.807, 2.05) is 6.07 Å². The molecule has 0 saturated heterocycles. The molecule has 21 heavy (non-hydrogen) atoms. The molecule has 1 aromatic rings. The van der Waals surface area contributed by atoms with Crippen LogP contribution in [-0.2, 0) is 27.9 Å². The number of aromatic amines is 1. The third-order valence-corrected chi connectivity index (χ3v) is 3.67. The summed E-state index contributed by atoms with van der Waals surface area (Å²) < 4.78 is 5.24. The number of fused-ring (bicyclic) bond motifs is 1. The van der Waals surface area contributed by atoms with Crippen LogP contribution in [0, 0.1) is 0 Å². The highest BCUT2D eigenvalue weighted by Crippen LogP contribution is 2.27. The predicted molar refractivity (Wildman–Crippen MR) is 80.2 cm³/mol. The van der Waals surface area contributed by atoms with Gasteiger partial charge in [0.1, 0.15) is 11.1 Å². The van der Waals surface area contributed by atoms with Crippen LogP contribution in [0.1, 0.15) is 57.5 Å². The van der Waals surface area contributed by atoms with Gasteiger partial charge in [0, 0.05) is 11.4 Å². The molecule has 0 fully saturated rings. The third-order valence-electron chi connectivity index (χ3n) is 3.67. The van der Waals surface area contributed by atoms with Crippen LogP contribution in [0.5, 0.6) is 0 Å². The Morgan fingerprint density at radius 1 is 1.29 bits per heavy atom. The van der Waals surface area contributed by atoms with Crippen molar-refractivity contribution in [1.82, 2.24) is 10.3 Å². The van der Waals surface area contributed by atoms with Gasteiger partial charge in [-0.3, -0.25) is 0 Å². The fraction of sp³-hybridized carbons (Fsp3) is 0.625. The molecule has 1 aromatic heterocycles. The van der Waals surface area contributed by atoms with Gasteiger partial charge in [0.15, 0.2) is 6.29 Å². The van der Waals surface area contributed by atoms with Crippen molar-refractivity contribution in [2.75, 3.05) is 0 Å². The van der Waals surface area contributed by atoms with Crippen molar-refractivity contribution >= 4 is 12.4 Å². The van der Waals surface area contributed by atoms with E-state index >= 15 is 0 Å². The molecule has 0 radical (unpaired) electrons. The van der Waals surface area contributed by atoms with Crippen LogP contribution in [0.4, 0.5) is 4.79 Å². The normalized spacial score (nSPS) is 17.5. The maximum Gasteiger partial charge on any atom is 0.408 e.